The third-order valence-electron chi connectivity index (χ3n) is 5.25. The zero-order valence-electron chi connectivity index (χ0n) is 14.2. The van der Waals surface area contributed by atoms with Crippen molar-refractivity contribution in [2.75, 3.05) is 19.6 Å². The van der Waals surface area contributed by atoms with E-state index in [0.717, 1.165) is 55.9 Å². The fourth-order valence-corrected chi connectivity index (χ4v) is 4.20. The summed E-state index contributed by atoms with van der Waals surface area (Å²) in [5, 5.41) is 8.70. The minimum atomic E-state index is 0.00457. The van der Waals surface area contributed by atoms with Crippen LogP contribution in [-0.4, -0.2) is 40.2 Å². The molecule has 2 aliphatic heterocycles. The van der Waals surface area contributed by atoms with E-state index in [1.165, 1.54) is 0 Å². The highest BCUT2D eigenvalue weighted by molar-refractivity contribution is 6.31. The molecule has 2 unspecified atom stereocenters. The SMILES string of the molecule is O=C(c1ccn(C2CCCNC2)n1)N1CCCC1c1ccccc1Cl. The Kier molecular flexibility index (Phi) is 4.77. The van der Waals surface area contributed by atoms with E-state index in [2.05, 4.69) is 10.4 Å². The lowest BCUT2D eigenvalue weighted by Crippen LogP contribution is -2.33. The van der Waals surface area contributed by atoms with Gasteiger partial charge in [-0.05, 0) is 49.9 Å². The van der Waals surface area contributed by atoms with Gasteiger partial charge in [0.2, 0.25) is 0 Å². The first-order valence-electron chi connectivity index (χ1n) is 9.05. The van der Waals surface area contributed by atoms with Gasteiger partial charge in [0, 0.05) is 24.3 Å². The number of rotatable bonds is 3. The van der Waals surface area contributed by atoms with Crippen molar-refractivity contribution in [1.29, 1.82) is 0 Å². The van der Waals surface area contributed by atoms with Crippen LogP contribution in [0.4, 0.5) is 0 Å². The molecule has 4 rings (SSSR count). The number of carbonyl (C=O) groups excluding carboxylic acids is 1. The first-order chi connectivity index (χ1) is 12.2. The summed E-state index contributed by atoms with van der Waals surface area (Å²) in [6.45, 7) is 2.74. The molecule has 6 heteroatoms. The van der Waals surface area contributed by atoms with Gasteiger partial charge < -0.3 is 10.2 Å². The molecular formula is C19H23ClN4O. The molecule has 25 heavy (non-hydrogen) atoms. The monoisotopic (exact) mass is 358 g/mol. The van der Waals surface area contributed by atoms with Crippen molar-refractivity contribution in [2.45, 2.75) is 37.8 Å². The molecule has 2 saturated heterocycles. The number of hydrogen-bond acceptors (Lipinski definition) is 3. The third kappa shape index (κ3) is 3.31. The molecule has 0 bridgehead atoms. The second-order valence-electron chi connectivity index (χ2n) is 6.86. The molecule has 1 N–H and O–H groups in total. The van der Waals surface area contributed by atoms with E-state index in [9.17, 15) is 4.79 Å². The molecule has 1 aromatic heterocycles. The molecule has 0 radical (unpaired) electrons. The maximum absolute atomic E-state index is 13.0. The molecule has 0 spiro atoms. The smallest absolute Gasteiger partial charge is 0.274 e. The lowest BCUT2D eigenvalue weighted by molar-refractivity contribution is 0.0728. The van der Waals surface area contributed by atoms with E-state index in [1.54, 1.807) is 0 Å². The maximum atomic E-state index is 13.0. The zero-order chi connectivity index (χ0) is 17.2. The average Bonchev–Trinajstić information content (AvgIpc) is 3.32. The van der Waals surface area contributed by atoms with E-state index >= 15 is 0 Å². The van der Waals surface area contributed by atoms with Crippen LogP contribution in [0.15, 0.2) is 36.5 Å². The fourth-order valence-electron chi connectivity index (χ4n) is 3.94. The molecule has 1 amide bonds. The number of carbonyl (C=O) groups is 1. The van der Waals surface area contributed by atoms with Gasteiger partial charge in [-0.3, -0.25) is 9.48 Å². The summed E-state index contributed by atoms with van der Waals surface area (Å²) in [7, 11) is 0. The van der Waals surface area contributed by atoms with Gasteiger partial charge in [-0.15, -0.1) is 0 Å². The van der Waals surface area contributed by atoms with Crippen molar-refractivity contribution in [3.05, 3.63) is 52.8 Å². The van der Waals surface area contributed by atoms with Crippen molar-refractivity contribution in [3.63, 3.8) is 0 Å². The summed E-state index contributed by atoms with van der Waals surface area (Å²) in [4.78, 5) is 15.0. The van der Waals surface area contributed by atoms with Gasteiger partial charge in [0.05, 0.1) is 12.1 Å². The highest BCUT2D eigenvalue weighted by Gasteiger charge is 2.33. The maximum Gasteiger partial charge on any atom is 0.274 e. The van der Waals surface area contributed by atoms with Crippen LogP contribution in [0.25, 0.3) is 0 Å². The van der Waals surface area contributed by atoms with Crippen LogP contribution in [0.2, 0.25) is 5.02 Å². The lowest BCUT2D eigenvalue weighted by atomic mass is 10.0. The summed E-state index contributed by atoms with van der Waals surface area (Å²) in [6, 6.07) is 10.0. The Labute approximate surface area is 153 Å². The first-order valence-corrected chi connectivity index (χ1v) is 9.43. The van der Waals surface area contributed by atoms with Gasteiger partial charge in [0.1, 0.15) is 5.69 Å². The number of halogens is 1. The molecule has 132 valence electrons. The van der Waals surface area contributed by atoms with Crippen LogP contribution in [0, 0.1) is 0 Å². The van der Waals surface area contributed by atoms with Crippen molar-refractivity contribution < 1.29 is 4.79 Å². The van der Waals surface area contributed by atoms with Crippen molar-refractivity contribution in [1.82, 2.24) is 20.0 Å². The van der Waals surface area contributed by atoms with Gasteiger partial charge in [-0.2, -0.15) is 5.10 Å². The normalized spacial score (nSPS) is 23.8. The number of aromatic nitrogens is 2. The number of nitrogens with one attached hydrogen (secondary N) is 1. The number of piperidine rings is 1. The molecule has 3 heterocycles. The largest absolute Gasteiger partial charge is 0.330 e. The van der Waals surface area contributed by atoms with Gasteiger partial charge in [-0.25, -0.2) is 0 Å². The Morgan fingerprint density at radius 1 is 1.20 bits per heavy atom. The standard InChI is InChI=1S/C19H23ClN4O/c20-16-7-2-1-6-15(16)18-8-4-11-23(18)19(25)17-9-12-24(22-17)14-5-3-10-21-13-14/h1-2,6-7,9,12,14,18,21H,3-5,8,10-11,13H2. The van der Waals surface area contributed by atoms with Crippen LogP contribution < -0.4 is 5.32 Å². The van der Waals surface area contributed by atoms with Crippen LogP contribution in [0.1, 0.15) is 53.8 Å². The number of hydrogen-bond donors (Lipinski definition) is 1. The minimum Gasteiger partial charge on any atom is -0.330 e. The average molecular weight is 359 g/mol. The quantitative estimate of drug-likeness (QED) is 0.914. The van der Waals surface area contributed by atoms with Crippen LogP contribution in [-0.2, 0) is 0 Å². The van der Waals surface area contributed by atoms with Crippen molar-refractivity contribution in [2.24, 2.45) is 0 Å². The predicted molar refractivity (Wildman–Crippen MR) is 97.8 cm³/mol. The van der Waals surface area contributed by atoms with E-state index in [1.807, 2.05) is 46.1 Å². The van der Waals surface area contributed by atoms with Crippen LogP contribution >= 0.6 is 11.6 Å². The second kappa shape index (κ2) is 7.18. The third-order valence-corrected chi connectivity index (χ3v) is 5.59. The van der Waals surface area contributed by atoms with E-state index < -0.39 is 0 Å². The molecule has 2 fully saturated rings. The Morgan fingerprint density at radius 2 is 2.08 bits per heavy atom. The molecule has 2 atom stereocenters. The number of amides is 1. The van der Waals surface area contributed by atoms with Crippen molar-refractivity contribution in [3.8, 4) is 0 Å². The Hall–Kier alpha value is -1.85. The molecule has 2 aliphatic rings. The Bertz CT molecular complexity index is 753. The highest BCUT2D eigenvalue weighted by atomic mass is 35.5. The van der Waals surface area contributed by atoms with E-state index in [-0.39, 0.29) is 11.9 Å². The molecule has 0 aliphatic carbocycles. The Morgan fingerprint density at radius 3 is 2.88 bits per heavy atom. The number of nitrogens with zero attached hydrogens (tertiary/aromatic N) is 3. The molecule has 1 aromatic carbocycles. The second-order valence-corrected chi connectivity index (χ2v) is 7.27. The van der Waals surface area contributed by atoms with Crippen LogP contribution in [0.5, 0.6) is 0 Å². The summed E-state index contributed by atoms with van der Waals surface area (Å²) in [5.41, 5.74) is 1.57. The summed E-state index contributed by atoms with van der Waals surface area (Å²) in [5.74, 6) is 0.00457. The zero-order valence-corrected chi connectivity index (χ0v) is 15.0. The van der Waals surface area contributed by atoms with Gasteiger partial charge in [0.15, 0.2) is 0 Å². The summed E-state index contributed by atoms with van der Waals surface area (Å²) in [6.07, 6.45) is 6.13. The predicted octanol–water partition coefficient (Wildman–Crippen LogP) is 3.44. The van der Waals surface area contributed by atoms with Gasteiger partial charge in [0.25, 0.3) is 5.91 Å². The molecular weight excluding hydrogens is 336 g/mol. The molecule has 2 aromatic rings. The van der Waals surface area contributed by atoms with Crippen LogP contribution in [0.3, 0.4) is 0 Å². The van der Waals surface area contributed by atoms with E-state index in [4.69, 9.17) is 11.6 Å². The van der Waals surface area contributed by atoms with Gasteiger partial charge in [-0.1, -0.05) is 29.8 Å². The van der Waals surface area contributed by atoms with Gasteiger partial charge >= 0.3 is 0 Å². The van der Waals surface area contributed by atoms with Crippen molar-refractivity contribution >= 4 is 17.5 Å². The lowest BCUT2D eigenvalue weighted by Gasteiger charge is -2.25. The number of benzene rings is 1. The molecule has 5 nitrogen and oxygen atoms in total. The van der Waals surface area contributed by atoms with E-state index in [0.29, 0.717) is 11.7 Å². The highest BCUT2D eigenvalue weighted by Crippen LogP contribution is 2.36. The summed E-state index contributed by atoms with van der Waals surface area (Å²) >= 11 is 6.36. The number of likely N-dealkylation sites (tertiary alicyclic amines) is 1. The summed E-state index contributed by atoms with van der Waals surface area (Å²) < 4.78 is 1.94. The fraction of sp³-hybridized carbons (Fsp3) is 0.474. The minimum absolute atomic E-state index is 0.00457. The topological polar surface area (TPSA) is 50.2 Å². The first kappa shape index (κ1) is 16.6. The Balaban J connectivity index is 1.54. The molecule has 0 saturated carbocycles.